The number of rotatable bonds is 3. The van der Waals surface area contributed by atoms with E-state index >= 15 is 0 Å². The number of carbonyl (C=O) groups is 2. The maximum Gasteiger partial charge on any atom is 0.262 e. The Hall–Kier alpha value is -2.41. The molecule has 108 valence electrons. The second-order valence-electron chi connectivity index (χ2n) is 4.63. The van der Waals surface area contributed by atoms with Crippen LogP contribution in [0, 0.1) is 6.92 Å². The number of benzene rings is 1. The molecule has 0 unspecified atom stereocenters. The number of nitrogens with one attached hydrogen (secondary N) is 2. The summed E-state index contributed by atoms with van der Waals surface area (Å²) in [7, 11) is 0. The second-order valence-corrected chi connectivity index (χ2v) is 5.69. The average molecular weight is 303 g/mol. The summed E-state index contributed by atoms with van der Waals surface area (Å²) in [6, 6.07) is 5.13. The number of hydrogen-bond acceptors (Lipinski definition) is 5. The molecule has 1 aliphatic heterocycles. The first-order valence-corrected chi connectivity index (χ1v) is 7.26. The Balaban J connectivity index is 1.68. The molecule has 1 aromatic heterocycles. The van der Waals surface area contributed by atoms with Crippen LogP contribution in [0.25, 0.3) is 0 Å². The number of aromatic nitrogens is 1. The first-order valence-electron chi connectivity index (χ1n) is 6.38. The predicted octanol–water partition coefficient (Wildman–Crippen LogP) is 1.96. The molecule has 0 radical (unpaired) electrons. The molecule has 1 aromatic carbocycles. The van der Waals surface area contributed by atoms with Gasteiger partial charge in [0.05, 0.1) is 22.8 Å². The maximum atomic E-state index is 12.0. The van der Waals surface area contributed by atoms with Crippen LogP contribution in [0.3, 0.4) is 0 Å². The number of hydrogen-bond donors (Lipinski definition) is 2. The highest BCUT2D eigenvalue weighted by Gasteiger charge is 2.16. The van der Waals surface area contributed by atoms with Gasteiger partial charge < -0.3 is 15.4 Å². The Morgan fingerprint density at radius 2 is 2.38 bits per heavy atom. The first-order chi connectivity index (χ1) is 10.1. The molecule has 2 N–H and O–H groups in total. The number of nitrogens with zero attached hydrogens (tertiary/aromatic N) is 1. The molecule has 3 rings (SSSR count). The molecule has 1 aliphatic rings. The fraction of sp³-hybridized carbons (Fsp3) is 0.214. The van der Waals surface area contributed by atoms with Crippen LogP contribution in [-0.2, 0) is 16.0 Å². The lowest BCUT2D eigenvalue weighted by Crippen LogP contribution is -2.25. The third kappa shape index (κ3) is 3.19. The average Bonchev–Trinajstić information content (AvgIpc) is 2.83. The van der Waals surface area contributed by atoms with E-state index in [4.69, 9.17) is 4.74 Å². The minimum absolute atomic E-state index is 0.0158. The molecule has 0 saturated heterocycles. The molecule has 0 spiro atoms. The normalized spacial score (nSPS) is 13.1. The number of fused-ring (bicyclic) bond motifs is 1. The van der Waals surface area contributed by atoms with Gasteiger partial charge in [0.1, 0.15) is 5.75 Å². The van der Waals surface area contributed by atoms with E-state index in [0.29, 0.717) is 17.1 Å². The van der Waals surface area contributed by atoms with Crippen molar-refractivity contribution < 1.29 is 14.3 Å². The Kier molecular flexibility index (Phi) is 3.57. The molecule has 6 nitrogen and oxygen atoms in total. The van der Waals surface area contributed by atoms with Crippen LogP contribution in [0.4, 0.5) is 11.4 Å². The zero-order valence-electron chi connectivity index (χ0n) is 11.3. The summed E-state index contributed by atoms with van der Waals surface area (Å²) in [6.07, 6.45) is 0.226. The molecule has 2 amide bonds. The Morgan fingerprint density at radius 1 is 1.52 bits per heavy atom. The summed E-state index contributed by atoms with van der Waals surface area (Å²) in [5, 5.41) is 8.29. The summed E-state index contributed by atoms with van der Waals surface area (Å²) >= 11 is 1.52. The van der Waals surface area contributed by atoms with Gasteiger partial charge in [-0.1, -0.05) is 0 Å². The standard InChI is InChI=1S/C14H13N3O3S/c1-8-15-10(7-21-8)5-13(18)16-9-2-3-12-11(4-9)17-14(19)6-20-12/h2-4,7H,5-6H2,1H3,(H,16,18)(H,17,19). The van der Waals surface area contributed by atoms with Crippen molar-refractivity contribution in [2.24, 2.45) is 0 Å². The van der Waals surface area contributed by atoms with E-state index in [1.54, 1.807) is 18.2 Å². The van der Waals surface area contributed by atoms with Crippen LogP contribution in [0.2, 0.25) is 0 Å². The van der Waals surface area contributed by atoms with Crippen LogP contribution in [0.5, 0.6) is 5.75 Å². The quantitative estimate of drug-likeness (QED) is 0.908. The van der Waals surface area contributed by atoms with E-state index in [0.717, 1.165) is 10.7 Å². The number of aryl methyl sites for hydroxylation is 1. The predicted molar refractivity (Wildman–Crippen MR) is 79.8 cm³/mol. The molecule has 0 atom stereocenters. The van der Waals surface area contributed by atoms with Gasteiger partial charge in [0, 0.05) is 11.1 Å². The number of amides is 2. The van der Waals surface area contributed by atoms with Crippen LogP contribution in [0.15, 0.2) is 23.6 Å². The van der Waals surface area contributed by atoms with Gasteiger partial charge in [-0.15, -0.1) is 11.3 Å². The molecule has 2 heterocycles. The second kappa shape index (κ2) is 5.53. The van der Waals surface area contributed by atoms with Crippen LogP contribution in [-0.4, -0.2) is 23.4 Å². The number of thiazole rings is 1. The summed E-state index contributed by atoms with van der Waals surface area (Å²) in [5.41, 5.74) is 1.93. The van der Waals surface area contributed by atoms with E-state index < -0.39 is 0 Å². The van der Waals surface area contributed by atoms with Gasteiger partial charge in [0.25, 0.3) is 5.91 Å². The van der Waals surface area contributed by atoms with Crippen LogP contribution >= 0.6 is 11.3 Å². The lowest BCUT2D eigenvalue weighted by atomic mass is 10.2. The topological polar surface area (TPSA) is 80.3 Å². The number of anilines is 2. The SMILES string of the molecule is Cc1nc(CC(=O)Nc2ccc3c(c2)NC(=O)CO3)cs1. The minimum atomic E-state index is -0.205. The van der Waals surface area contributed by atoms with Crippen molar-refractivity contribution in [3.63, 3.8) is 0 Å². The van der Waals surface area contributed by atoms with E-state index in [-0.39, 0.29) is 24.8 Å². The van der Waals surface area contributed by atoms with Crippen molar-refractivity contribution >= 4 is 34.5 Å². The van der Waals surface area contributed by atoms with Crippen molar-refractivity contribution in [1.82, 2.24) is 4.98 Å². The lowest BCUT2D eigenvalue weighted by Gasteiger charge is -2.18. The zero-order valence-corrected chi connectivity index (χ0v) is 12.1. The van der Waals surface area contributed by atoms with E-state index in [9.17, 15) is 9.59 Å². The fourth-order valence-corrected chi connectivity index (χ4v) is 2.63. The summed E-state index contributed by atoms with van der Waals surface area (Å²) < 4.78 is 5.26. The fourth-order valence-electron chi connectivity index (χ4n) is 2.02. The van der Waals surface area contributed by atoms with E-state index in [1.807, 2.05) is 12.3 Å². The van der Waals surface area contributed by atoms with E-state index in [2.05, 4.69) is 15.6 Å². The Morgan fingerprint density at radius 3 is 3.14 bits per heavy atom. The monoisotopic (exact) mass is 303 g/mol. The first kappa shape index (κ1) is 13.6. The summed E-state index contributed by atoms with van der Waals surface area (Å²) in [6.45, 7) is 1.92. The highest BCUT2D eigenvalue weighted by Crippen LogP contribution is 2.30. The lowest BCUT2D eigenvalue weighted by molar-refractivity contribution is -0.118. The third-order valence-electron chi connectivity index (χ3n) is 2.90. The zero-order chi connectivity index (χ0) is 14.8. The van der Waals surface area contributed by atoms with Gasteiger partial charge in [-0.2, -0.15) is 0 Å². The largest absolute Gasteiger partial charge is 0.482 e. The highest BCUT2D eigenvalue weighted by atomic mass is 32.1. The van der Waals surface area contributed by atoms with E-state index in [1.165, 1.54) is 11.3 Å². The van der Waals surface area contributed by atoms with Crippen molar-refractivity contribution in [1.29, 1.82) is 0 Å². The number of ether oxygens (including phenoxy) is 1. The van der Waals surface area contributed by atoms with Gasteiger partial charge in [-0.3, -0.25) is 9.59 Å². The molecule has 0 fully saturated rings. The van der Waals surface area contributed by atoms with Crippen LogP contribution < -0.4 is 15.4 Å². The van der Waals surface area contributed by atoms with Crippen LogP contribution in [0.1, 0.15) is 10.7 Å². The number of carbonyl (C=O) groups excluding carboxylic acids is 2. The molecular weight excluding hydrogens is 290 g/mol. The van der Waals surface area contributed by atoms with Gasteiger partial charge in [-0.25, -0.2) is 4.98 Å². The van der Waals surface area contributed by atoms with Gasteiger partial charge >= 0.3 is 0 Å². The molecule has 7 heteroatoms. The molecule has 2 aromatic rings. The van der Waals surface area contributed by atoms with Crippen molar-refractivity contribution in [3.05, 3.63) is 34.3 Å². The Labute approximate surface area is 125 Å². The highest BCUT2D eigenvalue weighted by molar-refractivity contribution is 7.09. The van der Waals surface area contributed by atoms with Crippen molar-refractivity contribution in [3.8, 4) is 5.75 Å². The third-order valence-corrected chi connectivity index (χ3v) is 3.73. The minimum Gasteiger partial charge on any atom is -0.482 e. The summed E-state index contributed by atoms with van der Waals surface area (Å²) in [4.78, 5) is 27.5. The van der Waals surface area contributed by atoms with Crippen molar-refractivity contribution in [2.75, 3.05) is 17.2 Å². The molecular formula is C14H13N3O3S. The van der Waals surface area contributed by atoms with Crippen molar-refractivity contribution in [2.45, 2.75) is 13.3 Å². The van der Waals surface area contributed by atoms with Gasteiger partial charge in [-0.05, 0) is 25.1 Å². The summed E-state index contributed by atoms with van der Waals surface area (Å²) in [5.74, 6) is 0.245. The molecule has 21 heavy (non-hydrogen) atoms. The maximum absolute atomic E-state index is 12.0. The molecule has 0 bridgehead atoms. The van der Waals surface area contributed by atoms with Gasteiger partial charge in [0.2, 0.25) is 5.91 Å². The smallest absolute Gasteiger partial charge is 0.262 e. The van der Waals surface area contributed by atoms with Gasteiger partial charge in [0.15, 0.2) is 6.61 Å². The molecule has 0 aliphatic carbocycles. The Bertz CT molecular complexity index is 711. The molecule has 0 saturated carbocycles.